The summed E-state index contributed by atoms with van der Waals surface area (Å²) >= 11 is 19.9. The Bertz CT molecular complexity index is 1360. The second-order valence-electron chi connectivity index (χ2n) is 7.04. The van der Waals surface area contributed by atoms with Crippen molar-refractivity contribution in [2.75, 3.05) is 7.11 Å². The lowest BCUT2D eigenvalue weighted by Crippen LogP contribution is -2.05. The van der Waals surface area contributed by atoms with E-state index in [1.54, 1.807) is 31.4 Å². The van der Waals surface area contributed by atoms with Crippen molar-refractivity contribution < 1.29 is 19.0 Å². The average Bonchev–Trinajstić information content (AvgIpc) is 3.17. The number of hydrogen-bond donors (Lipinski definition) is 0. The van der Waals surface area contributed by atoms with Gasteiger partial charge in [0.2, 0.25) is 5.90 Å². The van der Waals surface area contributed by atoms with Crippen molar-refractivity contribution in [1.82, 2.24) is 0 Å². The minimum atomic E-state index is -0.515. The van der Waals surface area contributed by atoms with Crippen molar-refractivity contribution in [3.63, 3.8) is 0 Å². The zero-order chi connectivity index (χ0) is 24.4. The van der Waals surface area contributed by atoms with Gasteiger partial charge >= 0.3 is 5.97 Å². The van der Waals surface area contributed by atoms with Crippen molar-refractivity contribution >= 4 is 102 Å². The molecule has 4 rings (SSSR count). The summed E-state index contributed by atoms with van der Waals surface area (Å²) in [6.07, 6.45) is 1.66. The largest absolute Gasteiger partial charge is 0.493 e. The molecule has 0 radical (unpaired) electrons. The predicted molar refractivity (Wildman–Crippen MR) is 154 cm³/mol. The van der Waals surface area contributed by atoms with E-state index >= 15 is 0 Å². The number of aliphatic imine (C=N–C) groups is 1. The standard InChI is InChI=1S/C24H14BrCl2I2NO4/c1-32-21-9-13(7-19(29)22(21)33-11-12-2-4-16(26)17(27)6-12)8-20-24(31)34-23(30-20)14-3-5-18(28)15(25)10-14/h2-10H,11H2,1H3/b20-8-. The number of hydrogen-bond acceptors (Lipinski definition) is 5. The molecule has 3 aromatic rings. The summed E-state index contributed by atoms with van der Waals surface area (Å²) in [5, 5.41) is 0.952. The molecule has 0 saturated heterocycles. The number of carbonyl (C=O) groups is 1. The van der Waals surface area contributed by atoms with Gasteiger partial charge in [-0.3, -0.25) is 0 Å². The van der Waals surface area contributed by atoms with E-state index in [1.165, 1.54) is 0 Å². The molecular weight excluding hydrogens is 771 g/mol. The van der Waals surface area contributed by atoms with Crippen molar-refractivity contribution in [1.29, 1.82) is 0 Å². The second-order valence-corrected chi connectivity index (χ2v) is 11.0. The maximum absolute atomic E-state index is 12.4. The summed E-state index contributed by atoms with van der Waals surface area (Å²) in [7, 11) is 1.56. The number of esters is 1. The summed E-state index contributed by atoms with van der Waals surface area (Å²) in [4.78, 5) is 16.8. The van der Waals surface area contributed by atoms with E-state index < -0.39 is 5.97 Å². The summed E-state index contributed by atoms with van der Waals surface area (Å²) in [6, 6.07) is 14.6. The molecule has 0 saturated carbocycles. The third kappa shape index (κ3) is 5.89. The van der Waals surface area contributed by atoms with Gasteiger partial charge in [-0.2, -0.15) is 0 Å². The molecule has 3 aromatic carbocycles. The predicted octanol–water partition coefficient (Wildman–Crippen LogP) is 7.90. The van der Waals surface area contributed by atoms with Crippen LogP contribution in [0.4, 0.5) is 0 Å². The molecule has 0 unspecified atom stereocenters. The van der Waals surface area contributed by atoms with Gasteiger partial charge in [0, 0.05) is 13.6 Å². The van der Waals surface area contributed by atoms with Gasteiger partial charge in [0.15, 0.2) is 17.2 Å². The van der Waals surface area contributed by atoms with Gasteiger partial charge in [-0.05, 0) is 121 Å². The van der Waals surface area contributed by atoms with Gasteiger partial charge < -0.3 is 14.2 Å². The van der Waals surface area contributed by atoms with E-state index in [4.69, 9.17) is 37.4 Å². The first kappa shape index (κ1) is 25.7. The van der Waals surface area contributed by atoms with Gasteiger partial charge in [0.1, 0.15) is 6.61 Å². The number of ether oxygens (including phenoxy) is 3. The molecule has 0 amide bonds. The van der Waals surface area contributed by atoms with Gasteiger partial charge in [0.25, 0.3) is 0 Å². The molecule has 174 valence electrons. The third-order valence-corrected chi connectivity index (χ3v) is 8.59. The van der Waals surface area contributed by atoms with Crippen LogP contribution >= 0.6 is 84.3 Å². The van der Waals surface area contributed by atoms with Crippen LogP contribution in [-0.2, 0) is 16.1 Å². The highest BCUT2D eigenvalue weighted by atomic mass is 127. The molecule has 0 aliphatic carbocycles. The number of carbonyl (C=O) groups excluding carboxylic acids is 1. The van der Waals surface area contributed by atoms with Crippen LogP contribution in [0.5, 0.6) is 11.5 Å². The molecule has 0 aromatic heterocycles. The van der Waals surface area contributed by atoms with Crippen LogP contribution in [0.3, 0.4) is 0 Å². The molecule has 5 nitrogen and oxygen atoms in total. The van der Waals surface area contributed by atoms with Crippen LogP contribution in [0.2, 0.25) is 10.0 Å². The SMILES string of the molecule is COc1cc(/C=C2\N=C(c3ccc(I)c(Br)c3)OC2=O)cc(I)c1OCc1ccc(Cl)c(Cl)c1. The lowest BCUT2D eigenvalue weighted by atomic mass is 10.1. The van der Waals surface area contributed by atoms with Gasteiger partial charge in [-0.25, -0.2) is 9.79 Å². The number of benzene rings is 3. The zero-order valence-corrected chi connectivity index (χ0v) is 24.8. The normalized spacial score (nSPS) is 14.2. The number of cyclic esters (lactones) is 1. The number of rotatable bonds is 6. The molecule has 0 atom stereocenters. The van der Waals surface area contributed by atoms with Crippen molar-refractivity contribution in [3.05, 3.63) is 92.6 Å². The maximum atomic E-state index is 12.4. The highest BCUT2D eigenvalue weighted by Gasteiger charge is 2.25. The maximum Gasteiger partial charge on any atom is 0.363 e. The molecule has 10 heteroatoms. The van der Waals surface area contributed by atoms with E-state index in [0.29, 0.717) is 27.1 Å². The quantitative estimate of drug-likeness (QED) is 0.145. The summed E-state index contributed by atoms with van der Waals surface area (Å²) in [5.74, 6) is 0.851. The van der Waals surface area contributed by atoms with E-state index in [9.17, 15) is 4.79 Å². The molecule has 0 N–H and O–H groups in total. The van der Waals surface area contributed by atoms with E-state index in [2.05, 4.69) is 66.1 Å². The Kier molecular flexibility index (Phi) is 8.44. The Morgan fingerprint density at radius 2 is 1.85 bits per heavy atom. The molecule has 0 fully saturated rings. The Morgan fingerprint density at radius 1 is 1.06 bits per heavy atom. The highest BCUT2D eigenvalue weighted by Crippen LogP contribution is 2.36. The van der Waals surface area contributed by atoms with Crippen LogP contribution < -0.4 is 9.47 Å². The van der Waals surface area contributed by atoms with Crippen LogP contribution in [0, 0.1) is 7.14 Å². The fourth-order valence-corrected chi connectivity index (χ4v) is 4.88. The van der Waals surface area contributed by atoms with E-state index in [-0.39, 0.29) is 18.2 Å². The zero-order valence-electron chi connectivity index (χ0n) is 17.4. The fourth-order valence-electron chi connectivity index (χ4n) is 3.07. The van der Waals surface area contributed by atoms with Gasteiger partial charge in [-0.1, -0.05) is 29.3 Å². The molecule has 0 spiro atoms. The Hall–Kier alpha value is -1.34. The Balaban J connectivity index is 1.59. The lowest BCUT2D eigenvalue weighted by Gasteiger charge is -2.14. The van der Waals surface area contributed by atoms with Gasteiger partial charge in [-0.15, -0.1) is 0 Å². The Labute approximate surface area is 241 Å². The molecule has 1 heterocycles. The monoisotopic (exact) mass is 783 g/mol. The minimum absolute atomic E-state index is 0.201. The first-order valence-electron chi connectivity index (χ1n) is 9.67. The summed E-state index contributed by atoms with van der Waals surface area (Å²) < 4.78 is 19.7. The highest BCUT2D eigenvalue weighted by molar-refractivity contribution is 14.1. The topological polar surface area (TPSA) is 57.1 Å². The first-order chi connectivity index (χ1) is 16.2. The molecule has 1 aliphatic heterocycles. The molecule has 0 bridgehead atoms. The van der Waals surface area contributed by atoms with Crippen molar-refractivity contribution in [2.45, 2.75) is 6.61 Å². The average molecular weight is 785 g/mol. The van der Waals surface area contributed by atoms with Crippen molar-refractivity contribution in [2.24, 2.45) is 4.99 Å². The summed E-state index contributed by atoms with van der Waals surface area (Å²) in [6.45, 7) is 0.287. The van der Waals surface area contributed by atoms with Crippen molar-refractivity contribution in [3.8, 4) is 11.5 Å². The third-order valence-electron chi connectivity index (χ3n) is 4.71. The molecule has 34 heavy (non-hydrogen) atoms. The number of nitrogens with zero attached hydrogens (tertiary/aromatic N) is 1. The molecular formula is C24H14BrCl2I2NO4. The minimum Gasteiger partial charge on any atom is -0.493 e. The van der Waals surface area contributed by atoms with Crippen LogP contribution in [0.15, 0.2) is 63.7 Å². The lowest BCUT2D eigenvalue weighted by molar-refractivity contribution is -0.129. The van der Waals surface area contributed by atoms with Gasteiger partial charge in [0.05, 0.1) is 20.7 Å². The van der Waals surface area contributed by atoms with E-state index in [0.717, 1.165) is 22.7 Å². The number of halogens is 5. The van der Waals surface area contributed by atoms with E-state index in [1.807, 2.05) is 30.3 Å². The van der Waals surface area contributed by atoms with Crippen LogP contribution in [0.25, 0.3) is 6.08 Å². The fraction of sp³-hybridized carbons (Fsp3) is 0.0833. The van der Waals surface area contributed by atoms with Crippen LogP contribution in [0.1, 0.15) is 16.7 Å². The number of methoxy groups -OCH3 is 1. The first-order valence-corrected chi connectivity index (χ1v) is 13.4. The second kappa shape index (κ2) is 11.2. The molecule has 1 aliphatic rings. The summed E-state index contributed by atoms with van der Waals surface area (Å²) in [5.41, 5.74) is 2.51. The smallest absolute Gasteiger partial charge is 0.363 e. The Morgan fingerprint density at radius 3 is 2.56 bits per heavy atom. The van der Waals surface area contributed by atoms with Crippen LogP contribution in [-0.4, -0.2) is 19.0 Å².